The minimum absolute atomic E-state index is 0. The van der Waals surface area contributed by atoms with Gasteiger partial charge in [-0.2, -0.15) is 5.10 Å². The van der Waals surface area contributed by atoms with E-state index >= 15 is 0 Å². The fourth-order valence-electron chi connectivity index (χ4n) is 12.1. The van der Waals surface area contributed by atoms with Gasteiger partial charge in [0.2, 0.25) is 5.91 Å². The normalized spacial score (nSPS) is 20.9. The van der Waals surface area contributed by atoms with Crippen LogP contribution in [0.1, 0.15) is 97.7 Å². The molecule has 3 aliphatic rings. The summed E-state index contributed by atoms with van der Waals surface area (Å²) in [5.41, 5.74) is 8.30. The number of aryl methyl sites for hydroxylation is 2. The Morgan fingerprint density at radius 1 is 0.734 bits per heavy atom. The number of nitrogens with zero attached hydrogens (tertiary/aromatic N) is 7. The van der Waals surface area contributed by atoms with Gasteiger partial charge in [0.1, 0.15) is 12.6 Å². The van der Waals surface area contributed by atoms with E-state index in [0.717, 1.165) is 88.8 Å². The number of nitrogens with one attached hydrogen (secondary N) is 3. The number of benzene rings is 3. The molecule has 79 heavy (non-hydrogen) atoms. The molecule has 2 amide bonds. The Kier molecular flexibility index (Phi) is 22.1. The van der Waals surface area contributed by atoms with Gasteiger partial charge >= 0.3 is 41.0 Å². The number of unbranched alkanes of at least 4 members (excludes halogenated alkanes) is 2. The summed E-state index contributed by atoms with van der Waals surface area (Å²) < 4.78 is 26.5. The molecule has 3 fully saturated rings. The Morgan fingerprint density at radius 2 is 1.37 bits per heavy atom. The molecule has 1 aliphatic heterocycles. The first-order chi connectivity index (χ1) is 37.0. The van der Waals surface area contributed by atoms with Crippen molar-refractivity contribution < 1.29 is 38.3 Å². The van der Waals surface area contributed by atoms with Gasteiger partial charge in [-0.1, -0.05) is 86.8 Å². The Hall–Kier alpha value is -3.52. The number of rotatable bonds is 21. The van der Waals surface area contributed by atoms with Crippen LogP contribution in [0, 0.1) is 30.6 Å². The van der Waals surface area contributed by atoms with Crippen molar-refractivity contribution in [1.82, 2.24) is 50.3 Å². The van der Waals surface area contributed by atoms with Crippen molar-refractivity contribution in [3.63, 3.8) is 0 Å². The van der Waals surface area contributed by atoms with Crippen LogP contribution in [-0.4, -0.2) is 182 Å². The largest absolute Gasteiger partial charge is 3.00 e. The van der Waals surface area contributed by atoms with Crippen LogP contribution < -0.4 is 16.0 Å². The Bertz CT molecular complexity index is 2930. The summed E-state index contributed by atoms with van der Waals surface area (Å²) in [4.78, 5) is 79.6. The van der Waals surface area contributed by atoms with Crippen molar-refractivity contribution in [2.45, 2.75) is 98.8 Å². The number of aromatic nitrogens is 3. The summed E-state index contributed by atoms with van der Waals surface area (Å²) in [6.07, 6.45) is 5.24. The van der Waals surface area contributed by atoms with Crippen LogP contribution in [0.2, 0.25) is 5.02 Å². The van der Waals surface area contributed by atoms with Gasteiger partial charge in [0.15, 0.2) is 5.69 Å². The van der Waals surface area contributed by atoms with E-state index in [-0.39, 0.29) is 74.2 Å². The van der Waals surface area contributed by atoms with Gasteiger partial charge in [0.05, 0.1) is 30.0 Å². The minimum Gasteiger partial charge on any atom is -0.355 e. The third-order valence-corrected chi connectivity index (χ3v) is 18.4. The molecular formula is C57H81ClInN10O8P2+3. The monoisotopic (exact) mass is 1250 g/mol. The minimum atomic E-state index is -4.41. The molecule has 3 aromatic carbocycles. The number of hydrogen-bond donors (Lipinski definition) is 7. The van der Waals surface area contributed by atoms with Crippen molar-refractivity contribution >= 4 is 75.4 Å². The maximum absolute atomic E-state index is 13.9. The van der Waals surface area contributed by atoms with Crippen LogP contribution in [0.5, 0.6) is 0 Å². The van der Waals surface area contributed by atoms with Crippen LogP contribution in [0.3, 0.4) is 0 Å². The zero-order chi connectivity index (χ0) is 55.8. The zero-order valence-electron chi connectivity index (χ0n) is 46.6. The number of pyridine rings is 1. The average Bonchev–Trinajstić information content (AvgIpc) is 3.96. The number of fused-ring (bicyclic) bond motifs is 3. The Morgan fingerprint density at radius 3 is 2.00 bits per heavy atom. The van der Waals surface area contributed by atoms with Gasteiger partial charge in [-0.25, -0.2) is 0 Å². The molecule has 2 saturated carbocycles. The van der Waals surface area contributed by atoms with Crippen LogP contribution in [0.15, 0.2) is 78.9 Å². The number of hydrogen-bond acceptors (Lipinski definition) is 11. The third kappa shape index (κ3) is 18.0. The molecule has 2 bridgehead atoms. The van der Waals surface area contributed by atoms with Gasteiger partial charge < -0.3 is 35.5 Å². The molecule has 424 valence electrons. The van der Waals surface area contributed by atoms with Crippen molar-refractivity contribution in [3.05, 3.63) is 118 Å². The molecule has 18 nitrogen and oxygen atoms in total. The predicted molar refractivity (Wildman–Crippen MR) is 313 cm³/mol. The van der Waals surface area contributed by atoms with E-state index in [2.05, 4.69) is 72.0 Å². The molecule has 1 saturated heterocycles. The van der Waals surface area contributed by atoms with E-state index in [1.807, 2.05) is 72.0 Å². The summed E-state index contributed by atoms with van der Waals surface area (Å²) >= 11 is 6.42. The molecule has 0 radical (unpaired) electrons. The summed E-state index contributed by atoms with van der Waals surface area (Å²) in [5.74, 6) is 0.288. The van der Waals surface area contributed by atoms with Crippen LogP contribution in [0.25, 0.3) is 22.2 Å². The quantitative estimate of drug-likeness (QED) is 0.0289. The summed E-state index contributed by atoms with van der Waals surface area (Å²) in [7, 11) is -8.82. The SMILES string of the molecule is Cc1ccc2nc(CN3CCN(CP(=O)(O)O)CCN(CC(=O)NCCCCCNCc4ccc(Cn5nc(C(=O)NC6C7(C)CCC(C7)C6(C)C)cc5-c5ccc(Cl)c(C)c5)cc4)CCN(CP(=O)(O)O)CC3)ccc2c1.[In+3]. The third-order valence-electron chi connectivity index (χ3n) is 16.4. The standard InChI is InChI=1S/C57H81ClN10O8P2.In/c1-41-9-18-50-45(31-41)14-16-48(61-50)37-64-23-27-66(39-77(71,72)73)29-25-65(26-30-67(28-24-64)40-78(74,75)76)38-53(69)60-22-8-6-7-21-59-35-43-10-12-44(13-11-43)36-68-52(46-15-17-49(58)42(2)32-46)33-51(63-68)54(70)62-55-56(3,4)47-19-20-57(55,5)34-47;/h9-18,31-33,47,55,59H,6-8,19-30,34-40H2,1-5H3,(H,60,69)(H,62,70)(H2,71,72,73)(H2,74,75,76);/q;+3. The fourth-order valence-corrected chi connectivity index (χ4v) is 13.8. The molecular weight excluding hydrogens is 1160 g/mol. The first-order valence-corrected chi connectivity index (χ1v) is 31.5. The molecule has 0 spiro atoms. The maximum atomic E-state index is 13.9. The van der Waals surface area contributed by atoms with Gasteiger partial charge in [0.25, 0.3) is 5.91 Å². The summed E-state index contributed by atoms with van der Waals surface area (Å²) in [5, 5.41) is 16.6. The molecule has 3 heterocycles. The van der Waals surface area contributed by atoms with Crippen LogP contribution in [-0.2, 0) is 33.6 Å². The van der Waals surface area contributed by atoms with Crippen molar-refractivity contribution in [1.29, 1.82) is 0 Å². The Balaban J connectivity index is 0.00000903. The second-order valence-electron chi connectivity index (χ2n) is 23.2. The number of carbonyl (C=O) groups excluding carboxylic acids is 2. The van der Waals surface area contributed by atoms with E-state index in [0.29, 0.717) is 82.1 Å². The second-order valence-corrected chi connectivity index (χ2v) is 26.8. The average molecular weight is 1250 g/mol. The summed E-state index contributed by atoms with van der Waals surface area (Å²) in [6.45, 7) is 16.6. The molecule has 3 unspecified atom stereocenters. The van der Waals surface area contributed by atoms with Gasteiger partial charge in [0, 0.05) is 94.0 Å². The first-order valence-electron chi connectivity index (χ1n) is 27.5. The molecule has 2 aromatic heterocycles. The van der Waals surface area contributed by atoms with E-state index in [4.69, 9.17) is 21.7 Å². The van der Waals surface area contributed by atoms with Crippen molar-refractivity contribution in [2.75, 3.05) is 84.6 Å². The van der Waals surface area contributed by atoms with Crippen molar-refractivity contribution in [2.24, 2.45) is 16.7 Å². The van der Waals surface area contributed by atoms with E-state index in [9.17, 15) is 38.3 Å². The van der Waals surface area contributed by atoms with Gasteiger partial charge in [-0.15, -0.1) is 0 Å². The number of carbonyl (C=O) groups is 2. The number of halogens is 1. The van der Waals surface area contributed by atoms with E-state index in [1.165, 1.54) is 6.42 Å². The van der Waals surface area contributed by atoms with E-state index in [1.54, 1.807) is 9.80 Å². The first kappa shape index (κ1) is 63.1. The topological polar surface area (TPSA) is 229 Å². The van der Waals surface area contributed by atoms with Crippen molar-refractivity contribution in [3.8, 4) is 11.3 Å². The van der Waals surface area contributed by atoms with Gasteiger partial charge in [-0.3, -0.25) is 48.0 Å². The Labute approximate surface area is 489 Å². The van der Waals surface area contributed by atoms with Crippen LogP contribution >= 0.6 is 26.8 Å². The number of amides is 2. The van der Waals surface area contributed by atoms with Gasteiger partial charge in [-0.05, 0) is 122 Å². The maximum Gasteiger partial charge on any atom is 3.00 e. The summed E-state index contributed by atoms with van der Waals surface area (Å²) in [6, 6.07) is 26.4. The molecule has 22 heteroatoms. The van der Waals surface area contributed by atoms with Crippen LogP contribution in [0.4, 0.5) is 0 Å². The molecule has 3 atom stereocenters. The molecule has 2 aliphatic carbocycles. The zero-order valence-corrected chi connectivity index (χ0v) is 52.5. The predicted octanol–water partition coefficient (Wildman–Crippen LogP) is 7.05. The smallest absolute Gasteiger partial charge is 0.355 e. The second kappa shape index (κ2) is 27.7. The van der Waals surface area contributed by atoms with E-state index < -0.39 is 27.8 Å². The molecule has 8 rings (SSSR count). The molecule has 7 N–H and O–H groups in total. The fraction of sp³-hybridized carbons (Fsp3) is 0.544. The molecule has 5 aromatic rings.